The summed E-state index contributed by atoms with van der Waals surface area (Å²) in [5.74, 6) is 3.60. The molecule has 0 amide bonds. The zero-order valence-electron chi connectivity index (χ0n) is 25.7. The summed E-state index contributed by atoms with van der Waals surface area (Å²) < 4.78 is 13.8. The lowest BCUT2D eigenvalue weighted by atomic mass is 9.29. The lowest BCUT2D eigenvalue weighted by molar-refractivity contribution is 0.477. The zero-order chi connectivity index (χ0) is 31.1. The number of hydrogen-bond donors (Lipinski definition) is 1. The zero-order valence-corrected chi connectivity index (χ0v) is 25.7. The Morgan fingerprint density at radius 2 is 1.00 bits per heavy atom. The maximum atomic E-state index is 6.99. The Morgan fingerprint density at radius 1 is 0.396 bits per heavy atom. The molecule has 0 aliphatic carbocycles. The minimum absolute atomic E-state index is 0.0120. The number of nitrogens with zero attached hydrogens (tertiary/aromatic N) is 1. The van der Waals surface area contributed by atoms with Crippen LogP contribution in [-0.2, 0) is 0 Å². The van der Waals surface area contributed by atoms with E-state index in [-0.39, 0.29) is 13.4 Å². The highest BCUT2D eigenvalue weighted by Gasteiger charge is 2.52. The van der Waals surface area contributed by atoms with Crippen LogP contribution < -0.4 is 52.5 Å². The van der Waals surface area contributed by atoms with Gasteiger partial charge in [-0.1, -0.05) is 109 Å². The summed E-state index contributed by atoms with van der Waals surface area (Å²) >= 11 is 0. The molecule has 6 heteroatoms. The monoisotopic (exact) mass is 610 g/mol. The van der Waals surface area contributed by atoms with Crippen LogP contribution in [0.25, 0.3) is 22.3 Å². The van der Waals surface area contributed by atoms with Gasteiger partial charge in [0, 0.05) is 23.1 Å². The molecule has 5 aliphatic heterocycles. The van der Waals surface area contributed by atoms with Gasteiger partial charge in [-0.05, 0) is 79.3 Å². The van der Waals surface area contributed by atoms with Crippen LogP contribution in [0.4, 0.5) is 28.4 Å². The van der Waals surface area contributed by atoms with Gasteiger partial charge in [0.15, 0.2) is 11.5 Å². The van der Waals surface area contributed by atoms with E-state index in [1.807, 2.05) is 0 Å². The van der Waals surface area contributed by atoms with Crippen LogP contribution in [0.5, 0.6) is 23.0 Å². The maximum absolute atomic E-state index is 6.99. The fourth-order valence-corrected chi connectivity index (χ4v) is 8.94. The summed E-state index contributed by atoms with van der Waals surface area (Å²) in [5.41, 5.74) is 17.9. The van der Waals surface area contributed by atoms with Crippen molar-refractivity contribution >= 4 is 74.6 Å². The Labute approximate surface area is 278 Å². The van der Waals surface area contributed by atoms with Crippen LogP contribution in [0, 0.1) is 0 Å². The van der Waals surface area contributed by atoms with Crippen LogP contribution in [0.1, 0.15) is 0 Å². The first kappa shape index (κ1) is 25.0. The summed E-state index contributed by atoms with van der Waals surface area (Å²) in [4.78, 5) is 2.49. The molecule has 0 saturated carbocycles. The minimum Gasteiger partial charge on any atom is -0.458 e. The van der Waals surface area contributed by atoms with E-state index in [2.05, 4.69) is 150 Å². The Kier molecular flexibility index (Phi) is 4.59. The first-order chi connectivity index (χ1) is 23.8. The summed E-state index contributed by atoms with van der Waals surface area (Å²) in [6.07, 6.45) is 0. The van der Waals surface area contributed by atoms with Gasteiger partial charge in [0.2, 0.25) is 0 Å². The van der Waals surface area contributed by atoms with Crippen LogP contribution in [0.2, 0.25) is 0 Å². The molecule has 0 saturated heterocycles. The molecule has 48 heavy (non-hydrogen) atoms. The number of para-hydroxylation sites is 2. The molecule has 7 aromatic carbocycles. The molecule has 0 spiro atoms. The van der Waals surface area contributed by atoms with Crippen molar-refractivity contribution in [2.75, 3.05) is 10.2 Å². The number of fused-ring (bicyclic) bond motifs is 6. The van der Waals surface area contributed by atoms with Crippen molar-refractivity contribution in [3.63, 3.8) is 0 Å². The topological polar surface area (TPSA) is 33.7 Å². The Morgan fingerprint density at radius 3 is 1.69 bits per heavy atom. The first-order valence-electron chi connectivity index (χ1n) is 16.6. The van der Waals surface area contributed by atoms with Crippen molar-refractivity contribution in [2.24, 2.45) is 0 Å². The van der Waals surface area contributed by atoms with Crippen molar-refractivity contribution in [1.29, 1.82) is 0 Å². The van der Waals surface area contributed by atoms with E-state index in [4.69, 9.17) is 9.47 Å². The molecule has 0 aromatic heterocycles. The van der Waals surface area contributed by atoms with Crippen molar-refractivity contribution in [1.82, 2.24) is 0 Å². The van der Waals surface area contributed by atoms with E-state index in [0.717, 1.165) is 51.3 Å². The number of hydrogen-bond acceptors (Lipinski definition) is 4. The molecule has 12 rings (SSSR count). The quantitative estimate of drug-likeness (QED) is 0.229. The van der Waals surface area contributed by atoms with Gasteiger partial charge in [-0.15, -0.1) is 0 Å². The molecular weight excluding hydrogens is 586 g/mol. The molecule has 0 radical (unpaired) electrons. The van der Waals surface area contributed by atoms with E-state index >= 15 is 0 Å². The third-order valence-corrected chi connectivity index (χ3v) is 10.9. The molecule has 0 fully saturated rings. The van der Waals surface area contributed by atoms with Gasteiger partial charge in [-0.3, -0.25) is 0 Å². The number of benzene rings is 7. The number of nitrogens with one attached hydrogen (secondary N) is 1. The molecule has 0 unspecified atom stereocenters. The lowest BCUT2D eigenvalue weighted by Crippen LogP contribution is -2.67. The van der Waals surface area contributed by atoms with Gasteiger partial charge in [0.05, 0.1) is 11.4 Å². The predicted octanol–water partition coefficient (Wildman–Crippen LogP) is 6.42. The lowest BCUT2D eigenvalue weighted by Gasteiger charge is -2.49. The second-order valence-corrected chi connectivity index (χ2v) is 13.3. The summed E-state index contributed by atoms with van der Waals surface area (Å²) in [6, 6.07) is 50.1. The van der Waals surface area contributed by atoms with Crippen LogP contribution in [0.3, 0.4) is 0 Å². The standard InChI is InChI=1S/C42H24B2N2O2/c1-3-9-24(10-4-1)26-17-19-28-32(21-26)45-33-23-37-39-42-38(33)43(28)30-13-7-15-34-40(30)46(42)41-31(14-8-16-35(41)47-34)44(39)29-20-18-27(22-36(29)48-37)25-11-5-2-6-12-25/h1-23,45H. The van der Waals surface area contributed by atoms with Crippen molar-refractivity contribution in [3.8, 4) is 45.3 Å². The number of rotatable bonds is 2. The second kappa shape index (κ2) is 8.81. The third-order valence-electron chi connectivity index (χ3n) is 10.9. The predicted molar refractivity (Wildman–Crippen MR) is 198 cm³/mol. The van der Waals surface area contributed by atoms with Crippen molar-refractivity contribution < 1.29 is 9.47 Å². The van der Waals surface area contributed by atoms with Crippen LogP contribution in [0.15, 0.2) is 140 Å². The highest BCUT2D eigenvalue weighted by molar-refractivity contribution is 7.04. The molecule has 0 atom stereocenters. The SMILES string of the molecule is c1ccc(-c2ccc3c(c2)Nc2cc4c5c6c2B3c2cccc3c2N6c2c(cccc2B5c2ccc(-c5ccccc5)cc2O4)O3)cc1. The summed E-state index contributed by atoms with van der Waals surface area (Å²) in [5, 5.41) is 3.91. The Hall–Kier alpha value is -6.13. The maximum Gasteiger partial charge on any atom is 0.256 e. The molecule has 5 heterocycles. The Bertz CT molecular complexity index is 2400. The van der Waals surface area contributed by atoms with Gasteiger partial charge in [-0.25, -0.2) is 0 Å². The second-order valence-electron chi connectivity index (χ2n) is 13.3. The third kappa shape index (κ3) is 3.08. The molecular formula is C42H24B2N2O2. The van der Waals surface area contributed by atoms with E-state index in [9.17, 15) is 0 Å². The average Bonchev–Trinajstić information content (AvgIpc) is 3.14. The molecule has 0 bridgehead atoms. The summed E-state index contributed by atoms with van der Waals surface area (Å²) in [6.45, 7) is 0.0588. The van der Waals surface area contributed by atoms with E-state index in [1.54, 1.807) is 0 Å². The normalized spacial score (nSPS) is 14.2. The smallest absolute Gasteiger partial charge is 0.256 e. The van der Waals surface area contributed by atoms with Gasteiger partial charge in [0.25, 0.3) is 13.4 Å². The highest BCUT2D eigenvalue weighted by Crippen LogP contribution is 2.53. The largest absolute Gasteiger partial charge is 0.458 e. The fraction of sp³-hybridized carbons (Fsp3) is 0. The fourth-order valence-electron chi connectivity index (χ4n) is 8.94. The van der Waals surface area contributed by atoms with E-state index in [1.165, 1.54) is 55.2 Å². The van der Waals surface area contributed by atoms with Crippen LogP contribution in [-0.4, -0.2) is 13.4 Å². The van der Waals surface area contributed by atoms with Gasteiger partial charge >= 0.3 is 0 Å². The first-order valence-corrected chi connectivity index (χ1v) is 16.6. The molecule has 4 nitrogen and oxygen atoms in total. The molecule has 5 aliphatic rings. The average molecular weight is 610 g/mol. The molecule has 220 valence electrons. The van der Waals surface area contributed by atoms with Crippen molar-refractivity contribution in [2.45, 2.75) is 0 Å². The minimum atomic E-state index is 0.0120. The van der Waals surface area contributed by atoms with Crippen LogP contribution >= 0.6 is 0 Å². The Balaban J connectivity index is 1.15. The highest BCUT2D eigenvalue weighted by atomic mass is 16.5. The number of anilines is 5. The van der Waals surface area contributed by atoms with E-state index < -0.39 is 0 Å². The van der Waals surface area contributed by atoms with E-state index in [0.29, 0.717) is 0 Å². The molecule has 7 aromatic rings. The number of ether oxygens (including phenoxy) is 2. The van der Waals surface area contributed by atoms with Gasteiger partial charge < -0.3 is 19.7 Å². The molecule has 1 N–H and O–H groups in total. The van der Waals surface area contributed by atoms with Gasteiger partial charge in [-0.2, -0.15) is 0 Å². The van der Waals surface area contributed by atoms with Crippen molar-refractivity contribution in [3.05, 3.63) is 140 Å². The van der Waals surface area contributed by atoms with Gasteiger partial charge in [0.1, 0.15) is 11.5 Å². The summed E-state index contributed by atoms with van der Waals surface area (Å²) in [7, 11) is 0.